The van der Waals surface area contributed by atoms with E-state index in [9.17, 15) is 5.11 Å². The molecule has 0 bridgehead atoms. The van der Waals surface area contributed by atoms with Crippen LogP contribution in [0.15, 0.2) is 66.7 Å². The molecule has 0 saturated carbocycles. The zero-order chi connectivity index (χ0) is 21.4. The molecule has 0 amide bonds. The molecule has 4 N–H and O–H groups in total. The zero-order valence-electron chi connectivity index (χ0n) is 16.8. The highest BCUT2D eigenvalue weighted by atomic mass is 35.5. The standard InChI is InChI=1S/C24H21ClN2O4/c1-29-21-5-3-2-4-16(21)24-26-18(14-6-9-22-23(10-14)31-13-30-22)12-19(27-24)17-11-15(25)7-8-20(17)28/h2-12,19,24,26-28H,13H2,1H3/p+1. The maximum atomic E-state index is 10.5. The van der Waals surface area contributed by atoms with Crippen LogP contribution in [0.5, 0.6) is 23.0 Å². The number of aromatic hydroxyl groups is 1. The molecular weight excluding hydrogens is 416 g/mol. The lowest BCUT2D eigenvalue weighted by atomic mass is 9.97. The number of phenols is 1. The molecule has 6 nitrogen and oxygen atoms in total. The van der Waals surface area contributed by atoms with E-state index in [1.165, 1.54) is 0 Å². The van der Waals surface area contributed by atoms with E-state index in [0.717, 1.165) is 33.9 Å². The number of ether oxygens (including phenoxy) is 3. The molecule has 2 atom stereocenters. The molecule has 0 saturated heterocycles. The van der Waals surface area contributed by atoms with Gasteiger partial charge in [0.15, 0.2) is 17.7 Å². The number of hydrogen-bond acceptors (Lipinski definition) is 5. The van der Waals surface area contributed by atoms with Gasteiger partial charge in [-0.2, -0.15) is 0 Å². The minimum Gasteiger partial charge on any atom is -0.507 e. The molecule has 3 aromatic carbocycles. The highest BCUT2D eigenvalue weighted by Gasteiger charge is 2.31. The monoisotopic (exact) mass is 437 g/mol. The Bertz CT molecular complexity index is 1160. The fraction of sp³-hybridized carbons (Fsp3) is 0.167. The van der Waals surface area contributed by atoms with Gasteiger partial charge in [0.25, 0.3) is 0 Å². The van der Waals surface area contributed by atoms with Gasteiger partial charge in [0.05, 0.1) is 18.2 Å². The van der Waals surface area contributed by atoms with Crippen molar-refractivity contribution < 1.29 is 24.6 Å². The van der Waals surface area contributed by atoms with Gasteiger partial charge in [-0.05, 0) is 48.5 Å². The van der Waals surface area contributed by atoms with Crippen LogP contribution in [0.1, 0.15) is 28.9 Å². The van der Waals surface area contributed by atoms with E-state index < -0.39 is 0 Å². The minimum absolute atomic E-state index is 0.148. The number of hydrogen-bond donors (Lipinski definition) is 3. The number of nitrogens with two attached hydrogens (primary N) is 1. The molecule has 7 heteroatoms. The minimum atomic E-state index is -0.171. The van der Waals surface area contributed by atoms with E-state index >= 15 is 0 Å². The molecule has 5 rings (SSSR count). The second kappa shape index (κ2) is 8.06. The average molecular weight is 438 g/mol. The number of methoxy groups -OCH3 is 1. The Morgan fingerprint density at radius 3 is 2.74 bits per heavy atom. The summed E-state index contributed by atoms with van der Waals surface area (Å²) < 4.78 is 16.6. The average Bonchev–Trinajstić information content (AvgIpc) is 3.28. The number of rotatable bonds is 4. The molecule has 2 aliphatic rings. The third-order valence-corrected chi connectivity index (χ3v) is 5.80. The van der Waals surface area contributed by atoms with Crippen molar-refractivity contribution in [3.8, 4) is 23.0 Å². The van der Waals surface area contributed by atoms with Crippen molar-refractivity contribution >= 4 is 17.3 Å². The van der Waals surface area contributed by atoms with Crippen molar-refractivity contribution in [2.45, 2.75) is 12.2 Å². The van der Waals surface area contributed by atoms with E-state index in [2.05, 4.69) is 16.7 Å². The third-order valence-electron chi connectivity index (χ3n) is 5.56. The van der Waals surface area contributed by atoms with E-state index in [1.807, 2.05) is 42.5 Å². The number of nitrogens with one attached hydrogen (secondary N) is 1. The molecular formula is C24H22ClN2O4+. The highest BCUT2D eigenvalue weighted by molar-refractivity contribution is 6.30. The Morgan fingerprint density at radius 1 is 1.03 bits per heavy atom. The molecule has 2 unspecified atom stereocenters. The van der Waals surface area contributed by atoms with Gasteiger partial charge in [-0.15, -0.1) is 0 Å². The molecule has 0 radical (unpaired) electrons. The lowest BCUT2D eigenvalue weighted by molar-refractivity contribution is -0.731. The van der Waals surface area contributed by atoms with E-state index in [1.54, 1.807) is 25.3 Å². The Labute approximate surface area is 185 Å². The van der Waals surface area contributed by atoms with Crippen LogP contribution in [-0.2, 0) is 0 Å². The normalized spacial score (nSPS) is 19.5. The van der Waals surface area contributed by atoms with Gasteiger partial charge >= 0.3 is 0 Å². The maximum absolute atomic E-state index is 10.5. The number of halogens is 1. The first kappa shape index (κ1) is 19.6. The first-order valence-electron chi connectivity index (χ1n) is 9.97. The van der Waals surface area contributed by atoms with Crippen LogP contribution < -0.4 is 24.8 Å². The van der Waals surface area contributed by atoms with Crippen LogP contribution in [0.4, 0.5) is 0 Å². The highest BCUT2D eigenvalue weighted by Crippen LogP contribution is 2.37. The van der Waals surface area contributed by atoms with E-state index in [-0.39, 0.29) is 24.8 Å². The lowest BCUT2D eigenvalue weighted by Crippen LogP contribution is -2.89. The summed E-state index contributed by atoms with van der Waals surface area (Å²) in [6.07, 6.45) is 1.93. The second-order valence-electron chi connectivity index (χ2n) is 7.43. The van der Waals surface area contributed by atoms with Crippen LogP contribution in [0.3, 0.4) is 0 Å². The maximum Gasteiger partial charge on any atom is 0.231 e. The quantitative estimate of drug-likeness (QED) is 0.579. The first-order valence-corrected chi connectivity index (χ1v) is 10.3. The summed E-state index contributed by atoms with van der Waals surface area (Å²) in [4.78, 5) is 0. The van der Waals surface area contributed by atoms with E-state index in [4.69, 9.17) is 25.8 Å². The number of phenolic OH excluding ortho intramolecular Hbond substituents is 1. The molecule has 3 aromatic rings. The summed E-state index contributed by atoms with van der Waals surface area (Å²) in [7, 11) is 1.66. The summed E-state index contributed by atoms with van der Waals surface area (Å²) in [5, 5.41) is 16.9. The largest absolute Gasteiger partial charge is 0.507 e. The zero-order valence-corrected chi connectivity index (χ0v) is 17.6. The number of quaternary nitrogens is 1. The topological polar surface area (TPSA) is 76.6 Å². The molecule has 0 fully saturated rings. The van der Waals surface area contributed by atoms with Crippen molar-refractivity contribution in [1.82, 2.24) is 5.32 Å². The Morgan fingerprint density at radius 2 is 1.87 bits per heavy atom. The van der Waals surface area contributed by atoms with E-state index in [0.29, 0.717) is 10.8 Å². The number of fused-ring (bicyclic) bond motifs is 1. The van der Waals surface area contributed by atoms with Crippen molar-refractivity contribution in [3.63, 3.8) is 0 Å². The van der Waals surface area contributed by atoms with Crippen LogP contribution in [0.2, 0.25) is 5.02 Å². The molecule has 158 valence electrons. The van der Waals surface area contributed by atoms with Gasteiger partial charge in [-0.3, -0.25) is 0 Å². The van der Waals surface area contributed by atoms with Crippen LogP contribution in [0.25, 0.3) is 5.70 Å². The molecule has 0 aromatic heterocycles. The number of para-hydroxylation sites is 1. The summed E-state index contributed by atoms with van der Waals surface area (Å²) in [6, 6.07) is 18.7. The first-order chi connectivity index (χ1) is 15.1. The summed E-state index contributed by atoms with van der Waals surface area (Å²) >= 11 is 6.24. The Kier molecular flexibility index (Phi) is 5.10. The Balaban J connectivity index is 1.59. The second-order valence-corrected chi connectivity index (χ2v) is 7.87. The van der Waals surface area contributed by atoms with Gasteiger partial charge in [-0.25, -0.2) is 0 Å². The fourth-order valence-corrected chi connectivity index (χ4v) is 4.22. The SMILES string of the molecule is COc1ccccc1C1NC(c2ccc3c(c2)OCO3)=CC(c2cc(Cl)ccc2O)[NH2+]1. The predicted molar refractivity (Wildman–Crippen MR) is 117 cm³/mol. The van der Waals surface area contributed by atoms with Crippen LogP contribution in [-0.4, -0.2) is 19.0 Å². The molecule has 0 aliphatic carbocycles. The Hall–Kier alpha value is -3.35. The van der Waals surface area contributed by atoms with Gasteiger partial charge < -0.3 is 30.0 Å². The van der Waals surface area contributed by atoms with Crippen LogP contribution in [0, 0.1) is 0 Å². The van der Waals surface area contributed by atoms with Crippen molar-refractivity contribution in [2.24, 2.45) is 0 Å². The smallest absolute Gasteiger partial charge is 0.231 e. The lowest BCUT2D eigenvalue weighted by Gasteiger charge is -2.30. The van der Waals surface area contributed by atoms with Gasteiger partial charge in [0.2, 0.25) is 6.79 Å². The van der Waals surface area contributed by atoms with Crippen molar-refractivity contribution in [3.05, 3.63) is 88.5 Å². The summed E-state index contributed by atoms with van der Waals surface area (Å²) in [5.41, 5.74) is 3.62. The molecule has 31 heavy (non-hydrogen) atoms. The fourth-order valence-electron chi connectivity index (χ4n) is 4.04. The van der Waals surface area contributed by atoms with Crippen molar-refractivity contribution in [1.29, 1.82) is 0 Å². The van der Waals surface area contributed by atoms with Crippen molar-refractivity contribution in [2.75, 3.05) is 13.9 Å². The van der Waals surface area contributed by atoms with Crippen LogP contribution >= 0.6 is 11.6 Å². The molecule has 2 aliphatic heterocycles. The predicted octanol–water partition coefficient (Wildman–Crippen LogP) is 3.73. The molecule has 0 spiro atoms. The van der Waals surface area contributed by atoms with Gasteiger partial charge in [-0.1, -0.05) is 23.7 Å². The summed E-state index contributed by atoms with van der Waals surface area (Å²) in [5.74, 6) is 2.44. The molecule has 2 heterocycles. The number of benzene rings is 3. The van der Waals surface area contributed by atoms with Gasteiger partial charge in [0, 0.05) is 22.4 Å². The van der Waals surface area contributed by atoms with Gasteiger partial charge in [0.1, 0.15) is 17.5 Å². The third kappa shape index (κ3) is 3.76. The summed E-state index contributed by atoms with van der Waals surface area (Å²) in [6.45, 7) is 0.224.